The van der Waals surface area contributed by atoms with Crippen molar-refractivity contribution in [1.82, 2.24) is 0 Å². The van der Waals surface area contributed by atoms with E-state index in [0.717, 1.165) is 43.2 Å². The van der Waals surface area contributed by atoms with Crippen molar-refractivity contribution in [2.45, 2.75) is 40.2 Å². The number of nitrogens with one attached hydrogen (secondary N) is 1. The molecule has 0 heterocycles. The first-order valence-corrected chi connectivity index (χ1v) is 8.25. The molecule has 0 spiro atoms. The molecule has 0 aliphatic rings. The van der Waals surface area contributed by atoms with Gasteiger partial charge in [-0.3, -0.25) is 0 Å². The van der Waals surface area contributed by atoms with E-state index >= 15 is 0 Å². The molecular formula is C20H27NO2. The quantitative estimate of drug-likeness (QED) is 0.687. The molecule has 2 rings (SSSR count). The molecule has 0 aromatic heterocycles. The minimum absolute atomic E-state index is 0.729. The van der Waals surface area contributed by atoms with E-state index in [0.29, 0.717) is 0 Å². The van der Waals surface area contributed by atoms with Gasteiger partial charge in [-0.15, -0.1) is 0 Å². The van der Waals surface area contributed by atoms with Crippen molar-refractivity contribution in [1.29, 1.82) is 0 Å². The van der Waals surface area contributed by atoms with Gasteiger partial charge >= 0.3 is 0 Å². The molecule has 3 heteroatoms. The smallest absolute Gasteiger partial charge is 0.161 e. The third-order valence-corrected chi connectivity index (χ3v) is 3.99. The summed E-state index contributed by atoms with van der Waals surface area (Å²) in [6, 6.07) is 12.5. The second-order valence-electron chi connectivity index (χ2n) is 5.84. The number of hydrogen-bond donors (Lipinski definition) is 1. The summed E-state index contributed by atoms with van der Waals surface area (Å²) in [6.45, 7) is 7.90. The fourth-order valence-electron chi connectivity index (χ4n) is 2.32. The summed E-state index contributed by atoms with van der Waals surface area (Å²) in [5, 5.41) is 3.46. The van der Waals surface area contributed by atoms with Crippen molar-refractivity contribution in [2.75, 3.05) is 19.0 Å². The van der Waals surface area contributed by atoms with Gasteiger partial charge in [-0.2, -0.15) is 0 Å². The van der Waals surface area contributed by atoms with Gasteiger partial charge in [0.15, 0.2) is 11.5 Å². The maximum atomic E-state index is 5.77. The first-order chi connectivity index (χ1) is 11.1. The van der Waals surface area contributed by atoms with E-state index in [1.807, 2.05) is 12.1 Å². The van der Waals surface area contributed by atoms with Crippen molar-refractivity contribution in [3.8, 4) is 11.5 Å². The topological polar surface area (TPSA) is 30.5 Å². The predicted molar refractivity (Wildman–Crippen MR) is 96.6 cm³/mol. The molecule has 3 nitrogen and oxygen atoms in total. The number of methoxy groups -OCH3 is 1. The Kier molecular flexibility index (Phi) is 6.33. The molecule has 0 saturated carbocycles. The monoisotopic (exact) mass is 313 g/mol. The highest BCUT2D eigenvalue weighted by molar-refractivity contribution is 5.49. The number of unbranched alkanes of at least 4 members (excludes halogenated alkanes) is 1. The van der Waals surface area contributed by atoms with E-state index in [9.17, 15) is 0 Å². The van der Waals surface area contributed by atoms with Crippen molar-refractivity contribution in [2.24, 2.45) is 0 Å². The van der Waals surface area contributed by atoms with Gasteiger partial charge in [0.25, 0.3) is 0 Å². The van der Waals surface area contributed by atoms with Gasteiger partial charge in [0.05, 0.1) is 13.7 Å². The summed E-state index contributed by atoms with van der Waals surface area (Å²) in [5.41, 5.74) is 4.91. The molecular weight excluding hydrogens is 286 g/mol. The van der Waals surface area contributed by atoms with E-state index < -0.39 is 0 Å². The van der Waals surface area contributed by atoms with Crippen LogP contribution >= 0.6 is 0 Å². The Balaban J connectivity index is 2.01. The van der Waals surface area contributed by atoms with Crippen LogP contribution in [0.2, 0.25) is 0 Å². The summed E-state index contributed by atoms with van der Waals surface area (Å²) in [5.74, 6) is 1.61. The van der Waals surface area contributed by atoms with Crippen LogP contribution in [-0.4, -0.2) is 13.7 Å². The van der Waals surface area contributed by atoms with Crippen LogP contribution in [0, 0.1) is 13.8 Å². The summed E-state index contributed by atoms with van der Waals surface area (Å²) >= 11 is 0. The molecule has 0 aliphatic heterocycles. The summed E-state index contributed by atoms with van der Waals surface area (Å²) in [4.78, 5) is 0. The van der Waals surface area contributed by atoms with Gasteiger partial charge in [-0.25, -0.2) is 0 Å². The lowest BCUT2D eigenvalue weighted by Gasteiger charge is -2.13. The molecule has 2 aromatic rings. The highest BCUT2D eigenvalue weighted by Crippen LogP contribution is 2.28. The zero-order valence-corrected chi connectivity index (χ0v) is 14.6. The molecule has 0 fully saturated rings. The molecule has 0 unspecified atom stereocenters. The maximum absolute atomic E-state index is 5.77. The van der Waals surface area contributed by atoms with Crippen LogP contribution in [0.5, 0.6) is 11.5 Å². The zero-order chi connectivity index (χ0) is 16.7. The maximum Gasteiger partial charge on any atom is 0.161 e. The fraction of sp³-hybridized carbons (Fsp3) is 0.400. The Hall–Kier alpha value is -2.16. The number of ether oxygens (including phenoxy) is 2. The molecule has 0 atom stereocenters. The average molecular weight is 313 g/mol. The van der Waals surface area contributed by atoms with Gasteiger partial charge in [-0.1, -0.05) is 25.5 Å². The largest absolute Gasteiger partial charge is 0.493 e. The minimum atomic E-state index is 0.729. The average Bonchev–Trinajstić information content (AvgIpc) is 2.57. The first kappa shape index (κ1) is 17.2. The molecule has 124 valence electrons. The molecule has 0 aliphatic carbocycles. The van der Waals surface area contributed by atoms with E-state index in [1.54, 1.807) is 7.11 Å². The van der Waals surface area contributed by atoms with Gasteiger partial charge in [0, 0.05) is 12.2 Å². The third-order valence-electron chi connectivity index (χ3n) is 3.99. The van der Waals surface area contributed by atoms with Crippen LogP contribution < -0.4 is 14.8 Å². The number of benzene rings is 2. The number of anilines is 1. The second kappa shape index (κ2) is 8.47. The van der Waals surface area contributed by atoms with Gasteiger partial charge < -0.3 is 14.8 Å². The van der Waals surface area contributed by atoms with Crippen LogP contribution in [0.4, 0.5) is 5.69 Å². The zero-order valence-electron chi connectivity index (χ0n) is 14.6. The molecule has 0 amide bonds. The first-order valence-electron chi connectivity index (χ1n) is 8.25. The molecule has 0 bridgehead atoms. The highest BCUT2D eigenvalue weighted by atomic mass is 16.5. The summed E-state index contributed by atoms with van der Waals surface area (Å²) in [7, 11) is 1.68. The fourth-order valence-corrected chi connectivity index (χ4v) is 2.32. The molecule has 1 N–H and O–H groups in total. The van der Waals surface area contributed by atoms with Crippen LogP contribution in [0.3, 0.4) is 0 Å². The van der Waals surface area contributed by atoms with Gasteiger partial charge in [0.2, 0.25) is 0 Å². The Morgan fingerprint density at radius 3 is 2.48 bits per heavy atom. The lowest BCUT2D eigenvalue weighted by molar-refractivity contribution is 0.288. The predicted octanol–water partition coefficient (Wildman–Crippen LogP) is 5.10. The lowest BCUT2D eigenvalue weighted by Crippen LogP contribution is -2.02. The summed E-state index contributed by atoms with van der Waals surface area (Å²) < 4.78 is 11.2. The van der Waals surface area contributed by atoms with E-state index in [1.165, 1.54) is 16.7 Å². The Morgan fingerprint density at radius 1 is 0.957 bits per heavy atom. The van der Waals surface area contributed by atoms with Gasteiger partial charge in [-0.05, 0) is 61.2 Å². The Labute approximate surface area is 139 Å². The highest BCUT2D eigenvalue weighted by Gasteiger charge is 2.06. The lowest BCUT2D eigenvalue weighted by atomic mass is 10.1. The number of aryl methyl sites for hydroxylation is 2. The van der Waals surface area contributed by atoms with Crippen LogP contribution in [-0.2, 0) is 6.54 Å². The van der Waals surface area contributed by atoms with Crippen LogP contribution in [0.1, 0.15) is 36.5 Å². The molecule has 0 saturated heterocycles. The molecule has 2 aromatic carbocycles. The SMILES string of the molecule is CCCCOc1ccc(CNc2ccc(C)c(C)c2)cc1OC. The van der Waals surface area contributed by atoms with E-state index in [4.69, 9.17) is 9.47 Å². The number of hydrogen-bond acceptors (Lipinski definition) is 3. The van der Waals surface area contributed by atoms with Crippen molar-refractivity contribution in [3.05, 3.63) is 53.1 Å². The van der Waals surface area contributed by atoms with E-state index in [-0.39, 0.29) is 0 Å². The normalized spacial score (nSPS) is 10.4. The van der Waals surface area contributed by atoms with Gasteiger partial charge in [0.1, 0.15) is 0 Å². The molecule has 23 heavy (non-hydrogen) atoms. The van der Waals surface area contributed by atoms with Crippen molar-refractivity contribution < 1.29 is 9.47 Å². The molecule has 0 radical (unpaired) electrons. The third kappa shape index (κ3) is 4.92. The summed E-state index contributed by atoms with van der Waals surface area (Å²) in [6.07, 6.45) is 2.18. The minimum Gasteiger partial charge on any atom is -0.493 e. The van der Waals surface area contributed by atoms with E-state index in [2.05, 4.69) is 50.4 Å². The standard InChI is InChI=1S/C20H27NO2/c1-5-6-11-23-19-10-8-17(13-20(19)22-4)14-21-18-9-7-15(2)16(3)12-18/h7-10,12-13,21H,5-6,11,14H2,1-4H3. The van der Waals surface area contributed by atoms with Crippen molar-refractivity contribution >= 4 is 5.69 Å². The van der Waals surface area contributed by atoms with Crippen LogP contribution in [0.25, 0.3) is 0 Å². The second-order valence-corrected chi connectivity index (χ2v) is 5.84. The Morgan fingerprint density at radius 2 is 1.78 bits per heavy atom. The van der Waals surface area contributed by atoms with Crippen molar-refractivity contribution in [3.63, 3.8) is 0 Å². The van der Waals surface area contributed by atoms with Crippen LogP contribution in [0.15, 0.2) is 36.4 Å². The Bertz CT molecular complexity index is 638. The number of rotatable bonds is 8.